The highest BCUT2D eigenvalue weighted by Gasteiger charge is 2.08. The van der Waals surface area contributed by atoms with Gasteiger partial charge in [0.2, 0.25) is 5.88 Å². The van der Waals surface area contributed by atoms with Crippen molar-refractivity contribution in [3.63, 3.8) is 0 Å². The van der Waals surface area contributed by atoms with Crippen molar-refractivity contribution in [3.05, 3.63) is 46.6 Å². The van der Waals surface area contributed by atoms with Crippen molar-refractivity contribution < 1.29 is 4.74 Å². The van der Waals surface area contributed by atoms with Crippen LogP contribution in [0, 0.1) is 0 Å². The molecule has 0 spiro atoms. The minimum absolute atomic E-state index is 0.405. The summed E-state index contributed by atoms with van der Waals surface area (Å²) >= 11 is 7.64. The van der Waals surface area contributed by atoms with Crippen molar-refractivity contribution in [2.24, 2.45) is 5.73 Å². The van der Waals surface area contributed by atoms with Crippen LogP contribution in [0.3, 0.4) is 0 Å². The SMILES string of the molecule is NCc1ccc(Oc2ncnc3ccsc23)cc1Cl. The molecule has 2 heterocycles. The second-order valence-corrected chi connectivity index (χ2v) is 5.20. The molecule has 96 valence electrons. The van der Waals surface area contributed by atoms with Gasteiger partial charge in [-0.1, -0.05) is 17.7 Å². The zero-order chi connectivity index (χ0) is 13.2. The Bertz CT molecular complexity index is 729. The summed E-state index contributed by atoms with van der Waals surface area (Å²) in [4.78, 5) is 8.32. The van der Waals surface area contributed by atoms with E-state index in [4.69, 9.17) is 22.1 Å². The third-order valence-electron chi connectivity index (χ3n) is 2.67. The Kier molecular flexibility index (Phi) is 3.33. The fraction of sp³-hybridized carbons (Fsp3) is 0.0769. The molecule has 2 N–H and O–H groups in total. The van der Waals surface area contributed by atoms with Crippen molar-refractivity contribution in [2.45, 2.75) is 6.54 Å². The van der Waals surface area contributed by atoms with Gasteiger partial charge in [-0.05, 0) is 29.1 Å². The van der Waals surface area contributed by atoms with Crippen molar-refractivity contribution >= 4 is 33.2 Å². The molecule has 3 rings (SSSR count). The number of hydrogen-bond donors (Lipinski definition) is 1. The zero-order valence-corrected chi connectivity index (χ0v) is 11.4. The van der Waals surface area contributed by atoms with E-state index >= 15 is 0 Å². The van der Waals surface area contributed by atoms with Crippen LogP contribution < -0.4 is 10.5 Å². The van der Waals surface area contributed by atoms with Gasteiger partial charge in [0.05, 0.1) is 5.52 Å². The van der Waals surface area contributed by atoms with Gasteiger partial charge in [-0.15, -0.1) is 11.3 Å². The van der Waals surface area contributed by atoms with Gasteiger partial charge < -0.3 is 10.5 Å². The number of benzene rings is 1. The quantitative estimate of drug-likeness (QED) is 0.801. The van der Waals surface area contributed by atoms with Gasteiger partial charge in [-0.2, -0.15) is 0 Å². The molecule has 0 aliphatic heterocycles. The molecule has 0 amide bonds. The summed E-state index contributed by atoms with van der Waals surface area (Å²) in [7, 11) is 0. The van der Waals surface area contributed by atoms with E-state index in [0.717, 1.165) is 15.8 Å². The molecule has 0 saturated carbocycles. The van der Waals surface area contributed by atoms with Crippen molar-refractivity contribution in [2.75, 3.05) is 0 Å². The van der Waals surface area contributed by atoms with Crippen LogP contribution in [0.15, 0.2) is 36.0 Å². The Balaban J connectivity index is 1.97. The van der Waals surface area contributed by atoms with Crippen LogP contribution in [-0.4, -0.2) is 9.97 Å². The highest BCUT2D eigenvalue weighted by molar-refractivity contribution is 7.17. The van der Waals surface area contributed by atoms with Gasteiger partial charge >= 0.3 is 0 Å². The van der Waals surface area contributed by atoms with Gasteiger partial charge in [-0.25, -0.2) is 9.97 Å². The van der Waals surface area contributed by atoms with Gasteiger partial charge in [0.15, 0.2) is 0 Å². The number of ether oxygens (including phenoxy) is 1. The fourth-order valence-corrected chi connectivity index (χ4v) is 2.73. The van der Waals surface area contributed by atoms with Crippen LogP contribution in [0.2, 0.25) is 5.02 Å². The molecular formula is C13H10ClN3OS. The molecule has 0 unspecified atom stereocenters. The highest BCUT2D eigenvalue weighted by Crippen LogP contribution is 2.31. The first-order valence-corrected chi connectivity index (χ1v) is 6.88. The number of fused-ring (bicyclic) bond motifs is 1. The lowest BCUT2D eigenvalue weighted by Crippen LogP contribution is -1.97. The highest BCUT2D eigenvalue weighted by atomic mass is 35.5. The van der Waals surface area contributed by atoms with Crippen molar-refractivity contribution in [1.82, 2.24) is 9.97 Å². The third kappa shape index (κ3) is 2.40. The zero-order valence-electron chi connectivity index (χ0n) is 9.84. The monoisotopic (exact) mass is 291 g/mol. The number of halogens is 1. The summed E-state index contributed by atoms with van der Waals surface area (Å²) in [6.07, 6.45) is 1.49. The average molecular weight is 292 g/mol. The van der Waals surface area contributed by atoms with Gasteiger partial charge in [0.1, 0.15) is 16.8 Å². The summed E-state index contributed by atoms with van der Waals surface area (Å²) in [6.45, 7) is 0.405. The molecule has 0 fully saturated rings. The minimum Gasteiger partial charge on any atom is -0.437 e. The van der Waals surface area contributed by atoms with Gasteiger partial charge in [0, 0.05) is 11.6 Å². The molecule has 19 heavy (non-hydrogen) atoms. The molecule has 2 aromatic heterocycles. The Morgan fingerprint density at radius 3 is 2.95 bits per heavy atom. The van der Waals surface area contributed by atoms with Crippen LogP contribution in [-0.2, 0) is 6.54 Å². The summed E-state index contributed by atoms with van der Waals surface area (Å²) in [5.74, 6) is 1.17. The molecule has 0 atom stereocenters. The molecule has 0 bridgehead atoms. The first kappa shape index (κ1) is 12.3. The maximum Gasteiger partial charge on any atom is 0.240 e. The van der Waals surface area contributed by atoms with E-state index in [2.05, 4.69) is 9.97 Å². The van der Waals surface area contributed by atoms with Gasteiger partial charge in [-0.3, -0.25) is 0 Å². The summed E-state index contributed by atoms with van der Waals surface area (Å²) in [5, 5.41) is 2.55. The smallest absolute Gasteiger partial charge is 0.240 e. The molecule has 0 saturated heterocycles. The maximum absolute atomic E-state index is 6.10. The third-order valence-corrected chi connectivity index (χ3v) is 3.91. The standard InChI is InChI=1S/C13H10ClN3OS/c14-10-5-9(2-1-8(10)6-15)18-13-12-11(3-4-19-12)16-7-17-13/h1-5,7H,6,15H2. The Morgan fingerprint density at radius 1 is 1.26 bits per heavy atom. The fourth-order valence-electron chi connectivity index (χ4n) is 1.71. The van der Waals surface area contributed by atoms with Crippen molar-refractivity contribution in [3.8, 4) is 11.6 Å². The molecule has 0 aliphatic carbocycles. The maximum atomic E-state index is 6.10. The molecule has 6 heteroatoms. The van der Waals surface area contributed by atoms with Crippen LogP contribution in [0.1, 0.15) is 5.56 Å². The lowest BCUT2D eigenvalue weighted by molar-refractivity contribution is 0.469. The van der Waals surface area contributed by atoms with Gasteiger partial charge in [0.25, 0.3) is 0 Å². The lowest BCUT2D eigenvalue weighted by Gasteiger charge is -2.07. The Hall–Kier alpha value is -1.69. The summed E-state index contributed by atoms with van der Waals surface area (Å²) in [5.41, 5.74) is 7.33. The first-order valence-electron chi connectivity index (χ1n) is 5.62. The number of hydrogen-bond acceptors (Lipinski definition) is 5. The average Bonchev–Trinajstić information content (AvgIpc) is 2.88. The molecule has 0 aliphatic rings. The molecular weight excluding hydrogens is 282 g/mol. The number of aromatic nitrogens is 2. The van der Waals surface area contributed by atoms with Crippen LogP contribution >= 0.6 is 22.9 Å². The van der Waals surface area contributed by atoms with E-state index in [1.54, 1.807) is 17.4 Å². The largest absolute Gasteiger partial charge is 0.437 e. The van der Waals surface area contributed by atoms with E-state index in [9.17, 15) is 0 Å². The molecule has 4 nitrogen and oxygen atoms in total. The number of nitrogens with two attached hydrogens (primary N) is 1. The first-order chi connectivity index (χ1) is 9.28. The molecule has 0 radical (unpaired) electrons. The minimum atomic E-state index is 0.405. The lowest BCUT2D eigenvalue weighted by atomic mass is 10.2. The number of nitrogens with zero attached hydrogens (tertiary/aromatic N) is 2. The van der Waals surface area contributed by atoms with E-state index in [0.29, 0.717) is 23.2 Å². The second kappa shape index (κ2) is 5.13. The van der Waals surface area contributed by atoms with E-state index < -0.39 is 0 Å². The molecule has 3 aromatic rings. The number of thiophene rings is 1. The number of rotatable bonds is 3. The Labute approximate surface area is 118 Å². The van der Waals surface area contributed by atoms with E-state index in [1.807, 2.05) is 23.6 Å². The Morgan fingerprint density at radius 2 is 2.16 bits per heavy atom. The normalized spacial score (nSPS) is 10.8. The van der Waals surface area contributed by atoms with Crippen LogP contribution in [0.4, 0.5) is 0 Å². The second-order valence-electron chi connectivity index (χ2n) is 3.87. The summed E-state index contributed by atoms with van der Waals surface area (Å²) in [6, 6.07) is 7.35. The van der Waals surface area contributed by atoms with Crippen LogP contribution in [0.25, 0.3) is 10.2 Å². The summed E-state index contributed by atoms with van der Waals surface area (Å²) < 4.78 is 6.68. The van der Waals surface area contributed by atoms with E-state index in [-0.39, 0.29) is 0 Å². The predicted octanol–water partition coefficient (Wildman–Crippen LogP) is 3.60. The van der Waals surface area contributed by atoms with E-state index in [1.165, 1.54) is 6.33 Å². The van der Waals surface area contributed by atoms with Crippen molar-refractivity contribution in [1.29, 1.82) is 0 Å². The predicted molar refractivity (Wildman–Crippen MR) is 76.8 cm³/mol. The topological polar surface area (TPSA) is 61.0 Å². The van der Waals surface area contributed by atoms with Crippen LogP contribution in [0.5, 0.6) is 11.6 Å². The molecule has 1 aromatic carbocycles.